The number of ether oxygens (including phenoxy) is 3. The molecule has 0 saturated carbocycles. The van der Waals surface area contributed by atoms with Crippen molar-refractivity contribution < 1.29 is 37.0 Å². The van der Waals surface area contributed by atoms with Gasteiger partial charge in [0, 0.05) is 11.9 Å². The quantitative estimate of drug-likeness (QED) is 0.620. The Morgan fingerprint density at radius 1 is 0.875 bits per heavy atom. The van der Waals surface area contributed by atoms with Gasteiger partial charge in [-0.05, 0) is 47.5 Å². The second-order valence-electron chi connectivity index (χ2n) is 6.44. The van der Waals surface area contributed by atoms with E-state index in [9.17, 15) is 22.8 Å². The van der Waals surface area contributed by atoms with E-state index in [4.69, 9.17) is 9.47 Å². The number of allylic oxidation sites excluding steroid dienone is 2. The molecule has 0 spiro atoms. The number of halogens is 3. The lowest BCUT2D eigenvalue weighted by Crippen LogP contribution is -2.26. The molecule has 2 aromatic carbocycles. The van der Waals surface area contributed by atoms with E-state index in [-0.39, 0.29) is 17.0 Å². The number of nitrogens with zero attached hydrogens (tertiary/aromatic N) is 1. The lowest BCUT2D eigenvalue weighted by molar-refractivity contribution is -0.274. The lowest BCUT2D eigenvalue weighted by Gasteiger charge is -2.23. The van der Waals surface area contributed by atoms with Crippen LogP contribution in [-0.4, -0.2) is 32.5 Å². The van der Waals surface area contributed by atoms with Crippen LogP contribution in [0.15, 0.2) is 84.2 Å². The maximum Gasteiger partial charge on any atom is 0.573 e. The highest BCUT2D eigenvalue weighted by molar-refractivity contribution is 6.05. The number of esters is 2. The fourth-order valence-corrected chi connectivity index (χ4v) is 3.05. The summed E-state index contributed by atoms with van der Waals surface area (Å²) in [6.07, 6.45) is 1.46. The van der Waals surface area contributed by atoms with Crippen LogP contribution in [0.25, 0.3) is 11.1 Å². The smallest absolute Gasteiger partial charge is 0.465 e. The molecule has 1 aliphatic heterocycles. The van der Waals surface area contributed by atoms with Gasteiger partial charge < -0.3 is 19.1 Å². The third-order valence-electron chi connectivity index (χ3n) is 4.43. The summed E-state index contributed by atoms with van der Waals surface area (Å²) in [5, 5.41) is 0. The molecule has 0 amide bonds. The van der Waals surface area contributed by atoms with Gasteiger partial charge >= 0.3 is 18.3 Å². The van der Waals surface area contributed by atoms with E-state index < -0.39 is 18.3 Å². The van der Waals surface area contributed by atoms with E-state index in [0.29, 0.717) is 16.8 Å². The second-order valence-corrected chi connectivity index (χ2v) is 6.44. The number of methoxy groups -OCH3 is 2. The maximum absolute atomic E-state index is 12.5. The van der Waals surface area contributed by atoms with E-state index in [2.05, 4.69) is 4.74 Å². The Hall–Kier alpha value is -4.01. The van der Waals surface area contributed by atoms with Crippen LogP contribution in [0.3, 0.4) is 0 Å². The number of benzene rings is 2. The van der Waals surface area contributed by atoms with Crippen molar-refractivity contribution in [3.63, 3.8) is 0 Å². The minimum Gasteiger partial charge on any atom is -0.465 e. The van der Waals surface area contributed by atoms with Crippen LogP contribution in [0.2, 0.25) is 0 Å². The predicted molar refractivity (Wildman–Crippen MR) is 110 cm³/mol. The first kappa shape index (κ1) is 22.7. The largest absolute Gasteiger partial charge is 0.573 e. The maximum atomic E-state index is 12.5. The number of carbonyl (C=O) groups excluding carboxylic acids is 2. The molecule has 0 N–H and O–H groups in total. The van der Waals surface area contributed by atoms with Crippen LogP contribution in [0, 0.1) is 0 Å². The van der Waals surface area contributed by atoms with Gasteiger partial charge in [0.2, 0.25) is 0 Å². The number of rotatable bonds is 5. The Balaban J connectivity index is 2.02. The average molecular weight is 445 g/mol. The van der Waals surface area contributed by atoms with Gasteiger partial charge in [0.25, 0.3) is 0 Å². The zero-order chi connectivity index (χ0) is 23.3. The Labute approximate surface area is 181 Å². The Kier molecular flexibility index (Phi) is 6.67. The molecule has 0 atom stereocenters. The van der Waals surface area contributed by atoms with Crippen molar-refractivity contribution in [2.45, 2.75) is 6.36 Å². The summed E-state index contributed by atoms with van der Waals surface area (Å²) >= 11 is 0. The fourth-order valence-electron chi connectivity index (χ4n) is 3.05. The Morgan fingerprint density at radius 3 is 2.19 bits per heavy atom. The van der Waals surface area contributed by atoms with Crippen molar-refractivity contribution in [1.29, 1.82) is 0 Å². The van der Waals surface area contributed by atoms with Crippen LogP contribution >= 0.6 is 0 Å². The normalized spacial score (nSPS) is 13.6. The van der Waals surface area contributed by atoms with Crippen LogP contribution < -0.4 is 9.64 Å². The first-order valence-corrected chi connectivity index (χ1v) is 9.25. The van der Waals surface area contributed by atoms with Gasteiger partial charge in [0.05, 0.1) is 19.8 Å². The van der Waals surface area contributed by atoms with Crippen molar-refractivity contribution >= 4 is 17.6 Å². The van der Waals surface area contributed by atoms with E-state index in [1.54, 1.807) is 42.6 Å². The molecule has 2 aromatic rings. The first-order chi connectivity index (χ1) is 15.2. The summed E-state index contributed by atoms with van der Waals surface area (Å²) in [6, 6.07) is 12.3. The summed E-state index contributed by atoms with van der Waals surface area (Å²) in [7, 11) is 2.40. The van der Waals surface area contributed by atoms with Gasteiger partial charge in [0.1, 0.15) is 11.4 Å². The van der Waals surface area contributed by atoms with E-state index in [1.807, 2.05) is 0 Å². The van der Waals surface area contributed by atoms with Crippen molar-refractivity contribution in [1.82, 2.24) is 0 Å². The summed E-state index contributed by atoms with van der Waals surface area (Å²) in [5.74, 6) is -1.80. The van der Waals surface area contributed by atoms with Crippen molar-refractivity contribution in [2.75, 3.05) is 19.1 Å². The van der Waals surface area contributed by atoms with Gasteiger partial charge in [-0.15, -0.1) is 13.2 Å². The van der Waals surface area contributed by atoms with Gasteiger partial charge in [-0.25, -0.2) is 9.59 Å². The van der Waals surface area contributed by atoms with Crippen LogP contribution in [0.1, 0.15) is 0 Å². The van der Waals surface area contributed by atoms with Gasteiger partial charge in [-0.1, -0.05) is 30.3 Å². The zero-order valence-corrected chi connectivity index (χ0v) is 17.1. The zero-order valence-electron chi connectivity index (χ0n) is 17.1. The number of alkyl halides is 3. The van der Waals surface area contributed by atoms with Gasteiger partial charge in [-0.3, -0.25) is 0 Å². The number of anilines is 1. The molecule has 1 heterocycles. The molecule has 3 rings (SSSR count). The van der Waals surface area contributed by atoms with Crippen LogP contribution in [0.4, 0.5) is 18.9 Å². The predicted octanol–water partition coefficient (Wildman–Crippen LogP) is 4.74. The van der Waals surface area contributed by atoms with Crippen molar-refractivity contribution in [3.8, 4) is 16.9 Å². The monoisotopic (exact) mass is 445 g/mol. The highest BCUT2D eigenvalue weighted by Gasteiger charge is 2.31. The SMILES string of the molecule is COC(=O)C1=C(C(=O)OC)N(c2cccc(-c3ccc(OC(F)(F)F)cc3)c2)C=CC=C1. The Bertz CT molecular complexity index is 1100. The minimum absolute atomic E-state index is 0.00315. The molecule has 0 radical (unpaired) electrons. The molecule has 9 heteroatoms. The molecule has 6 nitrogen and oxygen atoms in total. The highest BCUT2D eigenvalue weighted by atomic mass is 19.4. The van der Waals surface area contributed by atoms with Crippen LogP contribution in [0.5, 0.6) is 5.75 Å². The molecule has 0 fully saturated rings. The van der Waals surface area contributed by atoms with Crippen molar-refractivity contribution in [2.24, 2.45) is 0 Å². The molecule has 0 unspecified atom stereocenters. The summed E-state index contributed by atoms with van der Waals surface area (Å²) < 4.78 is 50.7. The number of hydrogen-bond acceptors (Lipinski definition) is 6. The first-order valence-electron chi connectivity index (χ1n) is 9.25. The molecule has 0 saturated heterocycles. The van der Waals surface area contributed by atoms with E-state index in [1.165, 1.54) is 49.5 Å². The standard InChI is InChI=1S/C23H18F3NO5/c1-30-21(28)19-8-3-4-13-27(20(19)22(29)31-2)17-7-5-6-16(14-17)15-9-11-18(12-10-15)32-23(24,25)26/h3-14H,1-2H3. The number of carbonyl (C=O) groups is 2. The molecule has 0 aliphatic carbocycles. The van der Waals surface area contributed by atoms with Crippen molar-refractivity contribution in [3.05, 3.63) is 84.2 Å². The van der Waals surface area contributed by atoms with E-state index >= 15 is 0 Å². The molecule has 1 aliphatic rings. The third kappa shape index (κ3) is 5.18. The Morgan fingerprint density at radius 2 is 1.56 bits per heavy atom. The average Bonchev–Trinajstić information content (AvgIpc) is 3.00. The van der Waals surface area contributed by atoms with Gasteiger partial charge in [0.15, 0.2) is 0 Å². The molecular formula is C23H18F3NO5. The van der Waals surface area contributed by atoms with E-state index in [0.717, 1.165) is 0 Å². The minimum atomic E-state index is -4.78. The summed E-state index contributed by atoms with van der Waals surface area (Å²) in [4.78, 5) is 26.3. The summed E-state index contributed by atoms with van der Waals surface area (Å²) in [5.41, 5.74) is 1.75. The third-order valence-corrected chi connectivity index (χ3v) is 4.43. The molecule has 0 aromatic heterocycles. The van der Waals surface area contributed by atoms with Crippen LogP contribution in [-0.2, 0) is 19.1 Å². The second kappa shape index (κ2) is 9.42. The van der Waals surface area contributed by atoms with Gasteiger partial charge in [-0.2, -0.15) is 0 Å². The lowest BCUT2D eigenvalue weighted by atomic mass is 10.0. The molecule has 0 bridgehead atoms. The number of hydrogen-bond donors (Lipinski definition) is 0. The topological polar surface area (TPSA) is 65.1 Å². The molecular weight excluding hydrogens is 427 g/mol. The fraction of sp³-hybridized carbons (Fsp3) is 0.130. The molecule has 32 heavy (non-hydrogen) atoms. The summed E-state index contributed by atoms with van der Waals surface area (Å²) in [6.45, 7) is 0. The molecule has 166 valence electrons. The highest BCUT2D eigenvalue weighted by Crippen LogP contribution is 2.31.